The molecule has 1 aromatic rings. The van der Waals surface area contributed by atoms with E-state index >= 15 is 0 Å². The van der Waals surface area contributed by atoms with Crippen molar-refractivity contribution in [2.75, 3.05) is 31.2 Å². The van der Waals surface area contributed by atoms with E-state index in [1.165, 1.54) is 11.3 Å². The number of hydrogen-bond acceptors (Lipinski definition) is 3. The Balaban J connectivity index is 1.86. The normalized spacial score (nSPS) is 23.4. The highest BCUT2D eigenvalue weighted by Crippen LogP contribution is 2.42. The number of fused-ring (bicyclic) bond motifs is 1. The van der Waals surface area contributed by atoms with Gasteiger partial charge in [-0.1, -0.05) is 18.2 Å². The highest BCUT2D eigenvalue weighted by Gasteiger charge is 2.31. The van der Waals surface area contributed by atoms with E-state index in [9.17, 15) is 4.79 Å². The molecule has 2 aliphatic rings. The number of nitrogens with zero attached hydrogens (tertiary/aromatic N) is 1. The second-order valence-electron chi connectivity index (χ2n) is 5.79. The first-order valence-electron chi connectivity index (χ1n) is 7.45. The molecule has 4 nitrogen and oxygen atoms in total. The highest BCUT2D eigenvalue weighted by atomic mass is 16.5. The van der Waals surface area contributed by atoms with Crippen LogP contribution >= 0.6 is 0 Å². The van der Waals surface area contributed by atoms with Crippen LogP contribution in [0.25, 0.3) is 0 Å². The van der Waals surface area contributed by atoms with Gasteiger partial charge in [0.05, 0.1) is 6.54 Å². The Hall–Kier alpha value is -1.55. The Morgan fingerprint density at radius 1 is 1.25 bits per heavy atom. The molecule has 2 N–H and O–H groups in total. The van der Waals surface area contributed by atoms with Gasteiger partial charge in [-0.2, -0.15) is 0 Å². The van der Waals surface area contributed by atoms with Crippen molar-refractivity contribution in [3.63, 3.8) is 0 Å². The van der Waals surface area contributed by atoms with E-state index in [4.69, 9.17) is 10.5 Å². The number of carbonyl (C=O) groups is 1. The molecule has 0 radical (unpaired) electrons. The summed E-state index contributed by atoms with van der Waals surface area (Å²) >= 11 is 0. The Morgan fingerprint density at radius 2 is 2.00 bits per heavy atom. The molecule has 1 aromatic carbocycles. The van der Waals surface area contributed by atoms with Crippen molar-refractivity contribution in [2.45, 2.75) is 25.2 Å². The monoisotopic (exact) mass is 274 g/mol. The number of nitrogens with two attached hydrogens (primary N) is 1. The summed E-state index contributed by atoms with van der Waals surface area (Å²) in [6.07, 6.45) is 3.40. The number of amides is 1. The van der Waals surface area contributed by atoms with Crippen molar-refractivity contribution in [3.8, 4) is 0 Å². The fraction of sp³-hybridized carbons (Fsp3) is 0.562. The zero-order valence-corrected chi connectivity index (χ0v) is 11.8. The highest BCUT2D eigenvalue weighted by molar-refractivity contribution is 5.80. The van der Waals surface area contributed by atoms with Gasteiger partial charge in [0.25, 0.3) is 0 Å². The van der Waals surface area contributed by atoms with Gasteiger partial charge in [0.15, 0.2) is 0 Å². The molecule has 0 unspecified atom stereocenters. The van der Waals surface area contributed by atoms with E-state index in [0.29, 0.717) is 18.4 Å². The standard InChI is InChI=1S/C16H22N2O2/c17-16(19)11-18-8-5-13(12-6-9-20-10-7-12)14-3-1-2-4-15(14)18/h1-4,12-13H,5-11H2,(H2,17,19)/t13-/m0/s1. The number of hydrogen-bond donors (Lipinski definition) is 1. The summed E-state index contributed by atoms with van der Waals surface area (Å²) in [5.74, 6) is 1.05. The molecule has 1 atom stereocenters. The van der Waals surface area contributed by atoms with Gasteiger partial charge in [0, 0.05) is 25.4 Å². The van der Waals surface area contributed by atoms with Crippen LogP contribution in [0.5, 0.6) is 0 Å². The van der Waals surface area contributed by atoms with Crippen LogP contribution in [0.1, 0.15) is 30.7 Å². The largest absolute Gasteiger partial charge is 0.381 e. The van der Waals surface area contributed by atoms with Crippen molar-refractivity contribution in [1.29, 1.82) is 0 Å². The van der Waals surface area contributed by atoms with Gasteiger partial charge in [-0.3, -0.25) is 4.79 Å². The molecule has 3 rings (SSSR count). The van der Waals surface area contributed by atoms with Crippen LogP contribution in [-0.2, 0) is 9.53 Å². The van der Waals surface area contributed by atoms with Gasteiger partial charge in [-0.05, 0) is 42.7 Å². The third kappa shape index (κ3) is 2.66. The Labute approximate surface area is 119 Å². The predicted molar refractivity (Wildman–Crippen MR) is 78.8 cm³/mol. The van der Waals surface area contributed by atoms with Gasteiger partial charge >= 0.3 is 0 Å². The number of primary amides is 1. The van der Waals surface area contributed by atoms with Crippen molar-refractivity contribution < 1.29 is 9.53 Å². The lowest BCUT2D eigenvalue weighted by atomic mass is 9.77. The first-order chi connectivity index (χ1) is 9.75. The van der Waals surface area contributed by atoms with Crippen molar-refractivity contribution in [2.24, 2.45) is 11.7 Å². The van der Waals surface area contributed by atoms with Crippen LogP contribution in [0, 0.1) is 5.92 Å². The lowest BCUT2D eigenvalue weighted by molar-refractivity contribution is -0.116. The van der Waals surface area contributed by atoms with Crippen LogP contribution in [0.15, 0.2) is 24.3 Å². The minimum atomic E-state index is -0.260. The lowest BCUT2D eigenvalue weighted by Gasteiger charge is -2.39. The van der Waals surface area contributed by atoms with E-state index in [0.717, 1.165) is 39.0 Å². The molecular formula is C16H22N2O2. The molecular weight excluding hydrogens is 252 g/mol. The topological polar surface area (TPSA) is 55.6 Å². The first-order valence-corrected chi connectivity index (χ1v) is 7.45. The number of benzene rings is 1. The zero-order chi connectivity index (χ0) is 13.9. The second kappa shape index (κ2) is 5.83. The minimum absolute atomic E-state index is 0.260. The molecule has 1 amide bonds. The summed E-state index contributed by atoms with van der Waals surface area (Å²) in [6, 6.07) is 8.46. The molecule has 1 saturated heterocycles. The molecule has 0 saturated carbocycles. The molecule has 2 heterocycles. The quantitative estimate of drug-likeness (QED) is 0.915. The third-order valence-electron chi connectivity index (χ3n) is 4.57. The fourth-order valence-electron chi connectivity index (χ4n) is 3.62. The Kier molecular flexibility index (Phi) is 3.92. The Bertz CT molecular complexity index is 483. The van der Waals surface area contributed by atoms with Crippen LogP contribution in [0.2, 0.25) is 0 Å². The molecule has 0 bridgehead atoms. The van der Waals surface area contributed by atoms with Crippen LogP contribution in [0.3, 0.4) is 0 Å². The van der Waals surface area contributed by atoms with E-state index in [1.807, 2.05) is 6.07 Å². The molecule has 4 heteroatoms. The average molecular weight is 274 g/mol. The summed E-state index contributed by atoms with van der Waals surface area (Å²) in [5, 5.41) is 0. The van der Waals surface area contributed by atoms with Crippen molar-refractivity contribution in [1.82, 2.24) is 0 Å². The van der Waals surface area contributed by atoms with Gasteiger partial charge in [-0.25, -0.2) is 0 Å². The maximum Gasteiger partial charge on any atom is 0.236 e. The molecule has 1 fully saturated rings. The maximum atomic E-state index is 11.2. The summed E-state index contributed by atoms with van der Waals surface area (Å²) in [5.41, 5.74) is 7.93. The zero-order valence-electron chi connectivity index (χ0n) is 11.8. The SMILES string of the molecule is NC(=O)CN1CC[C@@H](C2CCOCC2)c2ccccc21. The van der Waals surface area contributed by atoms with E-state index in [1.54, 1.807) is 0 Å². The predicted octanol–water partition coefficient (Wildman–Crippen LogP) is 1.89. The summed E-state index contributed by atoms with van der Waals surface area (Å²) in [7, 11) is 0. The van der Waals surface area contributed by atoms with Crippen LogP contribution in [-0.4, -0.2) is 32.2 Å². The number of rotatable bonds is 3. The smallest absolute Gasteiger partial charge is 0.236 e. The molecule has 2 aliphatic heterocycles. The number of para-hydroxylation sites is 1. The van der Waals surface area contributed by atoms with Crippen molar-refractivity contribution in [3.05, 3.63) is 29.8 Å². The third-order valence-corrected chi connectivity index (χ3v) is 4.57. The second-order valence-corrected chi connectivity index (χ2v) is 5.79. The van der Waals surface area contributed by atoms with E-state index < -0.39 is 0 Å². The maximum absolute atomic E-state index is 11.2. The fourth-order valence-corrected chi connectivity index (χ4v) is 3.62. The van der Waals surface area contributed by atoms with E-state index in [2.05, 4.69) is 23.1 Å². The summed E-state index contributed by atoms with van der Waals surface area (Å²) in [6.45, 7) is 3.00. The van der Waals surface area contributed by atoms with Gasteiger partial charge in [0.1, 0.15) is 0 Å². The molecule has 20 heavy (non-hydrogen) atoms. The first kappa shape index (κ1) is 13.4. The molecule has 108 valence electrons. The number of ether oxygens (including phenoxy) is 1. The van der Waals surface area contributed by atoms with Gasteiger partial charge < -0.3 is 15.4 Å². The number of anilines is 1. The average Bonchev–Trinajstić information content (AvgIpc) is 2.48. The van der Waals surface area contributed by atoms with Gasteiger partial charge in [0.2, 0.25) is 5.91 Å². The lowest BCUT2D eigenvalue weighted by Crippen LogP contribution is -2.39. The molecule has 0 aliphatic carbocycles. The minimum Gasteiger partial charge on any atom is -0.381 e. The summed E-state index contributed by atoms with van der Waals surface area (Å²) < 4.78 is 5.48. The van der Waals surface area contributed by atoms with E-state index in [-0.39, 0.29) is 5.91 Å². The summed E-state index contributed by atoms with van der Waals surface area (Å²) in [4.78, 5) is 13.3. The van der Waals surface area contributed by atoms with Crippen LogP contribution < -0.4 is 10.6 Å². The van der Waals surface area contributed by atoms with Crippen molar-refractivity contribution >= 4 is 11.6 Å². The Morgan fingerprint density at radius 3 is 2.75 bits per heavy atom. The van der Waals surface area contributed by atoms with Gasteiger partial charge in [-0.15, -0.1) is 0 Å². The van der Waals surface area contributed by atoms with Crippen LogP contribution in [0.4, 0.5) is 5.69 Å². The molecule has 0 spiro atoms. The number of carbonyl (C=O) groups excluding carboxylic acids is 1. The molecule has 0 aromatic heterocycles.